The molecule has 0 bridgehead atoms. The summed E-state index contributed by atoms with van der Waals surface area (Å²) in [7, 11) is 0. The van der Waals surface area contributed by atoms with Gasteiger partial charge in [-0.2, -0.15) is 0 Å². The van der Waals surface area contributed by atoms with E-state index in [-0.39, 0.29) is 18.1 Å². The quantitative estimate of drug-likeness (QED) is 0.873. The van der Waals surface area contributed by atoms with E-state index in [1.807, 2.05) is 24.3 Å². The second kappa shape index (κ2) is 7.94. The Morgan fingerprint density at radius 1 is 1.00 bits per heavy atom. The lowest BCUT2D eigenvalue weighted by Gasteiger charge is -2.28. The second-order valence-electron chi connectivity index (χ2n) is 5.71. The van der Waals surface area contributed by atoms with Crippen molar-refractivity contribution in [2.45, 2.75) is 0 Å². The van der Waals surface area contributed by atoms with E-state index < -0.39 is 11.6 Å². The Bertz CT molecular complexity index is 711. The van der Waals surface area contributed by atoms with Crippen molar-refractivity contribution in [1.29, 1.82) is 0 Å². The molecular formula is C18H19F2N3O2. The molecule has 0 saturated carbocycles. The van der Waals surface area contributed by atoms with Gasteiger partial charge in [0.05, 0.1) is 19.8 Å². The monoisotopic (exact) mass is 347 g/mol. The van der Waals surface area contributed by atoms with E-state index >= 15 is 0 Å². The Hall–Kier alpha value is -2.67. The predicted octanol–water partition coefficient (Wildman–Crippen LogP) is 2.85. The molecule has 0 spiro atoms. The zero-order chi connectivity index (χ0) is 17.6. The van der Waals surface area contributed by atoms with Gasteiger partial charge in [-0.1, -0.05) is 0 Å². The highest BCUT2D eigenvalue weighted by Crippen LogP contribution is 2.19. The molecule has 1 aliphatic heterocycles. The Balaban J connectivity index is 1.52. The molecule has 1 amide bonds. The molecule has 7 heteroatoms. The molecule has 2 N–H and O–H groups in total. The van der Waals surface area contributed by atoms with E-state index in [0.29, 0.717) is 18.9 Å². The fraction of sp³-hybridized carbons (Fsp3) is 0.278. The van der Waals surface area contributed by atoms with Crippen molar-refractivity contribution in [1.82, 2.24) is 0 Å². The van der Waals surface area contributed by atoms with Crippen molar-refractivity contribution in [2.75, 3.05) is 48.4 Å². The van der Waals surface area contributed by atoms with Crippen LogP contribution in [-0.4, -0.2) is 38.8 Å². The van der Waals surface area contributed by atoms with Gasteiger partial charge in [-0.25, -0.2) is 8.78 Å². The summed E-state index contributed by atoms with van der Waals surface area (Å²) in [5.74, 6) is -1.69. The first kappa shape index (κ1) is 17.2. The summed E-state index contributed by atoms with van der Waals surface area (Å²) in [5, 5.41) is 5.43. The summed E-state index contributed by atoms with van der Waals surface area (Å²) >= 11 is 0. The molecule has 1 saturated heterocycles. The summed E-state index contributed by atoms with van der Waals surface area (Å²) in [6.07, 6.45) is 0. The molecule has 0 atom stereocenters. The van der Waals surface area contributed by atoms with Crippen LogP contribution in [0, 0.1) is 11.6 Å². The number of carbonyl (C=O) groups is 1. The minimum atomic E-state index is -0.693. The van der Waals surface area contributed by atoms with Crippen molar-refractivity contribution in [3.63, 3.8) is 0 Å². The number of halogens is 2. The SMILES string of the molecule is O=C(CNc1cc(F)cc(F)c1)Nc1ccc(N2CCOCC2)cc1. The standard InChI is InChI=1S/C18H19F2N3O2/c19-13-9-14(20)11-16(10-13)21-12-18(24)22-15-1-3-17(4-2-15)23-5-7-25-8-6-23/h1-4,9-11,21H,5-8,12H2,(H,22,24). The lowest BCUT2D eigenvalue weighted by Crippen LogP contribution is -2.36. The number of ether oxygens (including phenoxy) is 1. The van der Waals surface area contributed by atoms with E-state index in [4.69, 9.17) is 4.74 Å². The Morgan fingerprint density at radius 2 is 1.64 bits per heavy atom. The average molecular weight is 347 g/mol. The summed E-state index contributed by atoms with van der Waals surface area (Å²) < 4.78 is 31.5. The van der Waals surface area contributed by atoms with E-state index in [1.54, 1.807) is 0 Å². The molecule has 1 heterocycles. The smallest absolute Gasteiger partial charge is 0.243 e. The number of morpholine rings is 1. The van der Waals surface area contributed by atoms with Gasteiger partial charge in [0.2, 0.25) is 5.91 Å². The third-order valence-electron chi connectivity index (χ3n) is 3.84. The maximum atomic E-state index is 13.1. The van der Waals surface area contributed by atoms with Gasteiger partial charge in [-0.15, -0.1) is 0 Å². The van der Waals surface area contributed by atoms with Crippen molar-refractivity contribution >= 4 is 23.0 Å². The van der Waals surface area contributed by atoms with E-state index in [1.165, 1.54) is 0 Å². The van der Waals surface area contributed by atoms with Crippen LogP contribution in [0.2, 0.25) is 0 Å². The van der Waals surface area contributed by atoms with Crippen LogP contribution in [0.4, 0.5) is 25.8 Å². The summed E-state index contributed by atoms with van der Waals surface area (Å²) in [6.45, 7) is 3.03. The van der Waals surface area contributed by atoms with E-state index in [0.717, 1.165) is 37.0 Å². The maximum Gasteiger partial charge on any atom is 0.243 e. The van der Waals surface area contributed by atoms with Gasteiger partial charge in [0.1, 0.15) is 11.6 Å². The van der Waals surface area contributed by atoms with Crippen molar-refractivity contribution < 1.29 is 18.3 Å². The van der Waals surface area contributed by atoms with Gasteiger partial charge in [-0.05, 0) is 36.4 Å². The van der Waals surface area contributed by atoms with Crippen LogP contribution in [0.15, 0.2) is 42.5 Å². The fourth-order valence-electron chi connectivity index (χ4n) is 2.62. The van der Waals surface area contributed by atoms with E-state index in [9.17, 15) is 13.6 Å². The molecule has 1 aliphatic rings. The normalized spacial score (nSPS) is 14.2. The summed E-state index contributed by atoms with van der Waals surface area (Å²) in [5.41, 5.74) is 1.96. The van der Waals surface area contributed by atoms with Gasteiger partial charge in [0, 0.05) is 36.2 Å². The minimum Gasteiger partial charge on any atom is -0.378 e. The van der Waals surface area contributed by atoms with Crippen LogP contribution in [0.5, 0.6) is 0 Å². The molecule has 132 valence electrons. The number of hydrogen-bond acceptors (Lipinski definition) is 4. The van der Waals surface area contributed by atoms with Crippen LogP contribution < -0.4 is 15.5 Å². The summed E-state index contributed by atoms with van der Waals surface area (Å²) in [6, 6.07) is 10.6. The molecule has 5 nitrogen and oxygen atoms in total. The number of nitrogens with zero attached hydrogens (tertiary/aromatic N) is 1. The van der Waals surface area contributed by atoms with Crippen molar-refractivity contribution in [3.05, 3.63) is 54.1 Å². The molecule has 0 aromatic heterocycles. The number of amides is 1. The van der Waals surface area contributed by atoms with Gasteiger partial charge in [0.25, 0.3) is 0 Å². The van der Waals surface area contributed by atoms with Crippen molar-refractivity contribution in [2.24, 2.45) is 0 Å². The number of carbonyl (C=O) groups excluding carboxylic acids is 1. The Labute approximate surface area is 144 Å². The Kier molecular flexibility index (Phi) is 5.45. The predicted molar refractivity (Wildman–Crippen MR) is 93.0 cm³/mol. The van der Waals surface area contributed by atoms with Crippen LogP contribution >= 0.6 is 0 Å². The van der Waals surface area contributed by atoms with Crippen LogP contribution in [0.25, 0.3) is 0 Å². The lowest BCUT2D eigenvalue weighted by molar-refractivity contribution is -0.114. The molecule has 2 aromatic rings. The number of nitrogens with one attached hydrogen (secondary N) is 2. The number of rotatable bonds is 5. The fourth-order valence-corrected chi connectivity index (χ4v) is 2.62. The molecule has 0 radical (unpaired) electrons. The van der Waals surface area contributed by atoms with Crippen LogP contribution in [-0.2, 0) is 9.53 Å². The van der Waals surface area contributed by atoms with Crippen LogP contribution in [0.3, 0.4) is 0 Å². The zero-order valence-corrected chi connectivity index (χ0v) is 13.6. The zero-order valence-electron chi connectivity index (χ0n) is 13.6. The first-order chi connectivity index (χ1) is 12.1. The highest BCUT2D eigenvalue weighted by Gasteiger charge is 2.11. The average Bonchev–Trinajstić information content (AvgIpc) is 2.61. The Morgan fingerprint density at radius 3 is 2.28 bits per heavy atom. The molecule has 1 fully saturated rings. The maximum absolute atomic E-state index is 13.1. The molecule has 25 heavy (non-hydrogen) atoms. The van der Waals surface area contributed by atoms with Gasteiger partial charge < -0.3 is 20.3 Å². The van der Waals surface area contributed by atoms with Gasteiger partial charge >= 0.3 is 0 Å². The highest BCUT2D eigenvalue weighted by molar-refractivity contribution is 5.93. The van der Waals surface area contributed by atoms with Gasteiger partial charge in [-0.3, -0.25) is 4.79 Å². The van der Waals surface area contributed by atoms with E-state index in [2.05, 4.69) is 15.5 Å². The molecule has 0 unspecified atom stereocenters. The minimum absolute atomic E-state index is 0.0892. The largest absolute Gasteiger partial charge is 0.378 e. The third-order valence-corrected chi connectivity index (χ3v) is 3.84. The number of anilines is 3. The second-order valence-corrected chi connectivity index (χ2v) is 5.71. The number of benzene rings is 2. The van der Waals surface area contributed by atoms with Crippen molar-refractivity contribution in [3.8, 4) is 0 Å². The van der Waals surface area contributed by atoms with Crippen LogP contribution in [0.1, 0.15) is 0 Å². The molecular weight excluding hydrogens is 328 g/mol. The summed E-state index contributed by atoms with van der Waals surface area (Å²) in [4.78, 5) is 14.2. The molecule has 3 rings (SSSR count). The highest BCUT2D eigenvalue weighted by atomic mass is 19.1. The molecule has 2 aromatic carbocycles. The number of hydrogen-bond donors (Lipinski definition) is 2. The first-order valence-electron chi connectivity index (χ1n) is 8.03. The topological polar surface area (TPSA) is 53.6 Å². The third kappa shape index (κ3) is 4.90. The lowest BCUT2D eigenvalue weighted by atomic mass is 10.2. The molecule has 0 aliphatic carbocycles. The van der Waals surface area contributed by atoms with Gasteiger partial charge in [0.15, 0.2) is 0 Å². The first-order valence-corrected chi connectivity index (χ1v) is 8.03.